The Kier molecular flexibility index (Phi) is 3.42. The molecule has 0 aliphatic heterocycles. The average molecular weight is 231 g/mol. The highest BCUT2D eigenvalue weighted by molar-refractivity contribution is 6.45. The number of ether oxygens (including phenoxy) is 1. The quantitative estimate of drug-likeness (QED) is 0.444. The van der Waals surface area contributed by atoms with Gasteiger partial charge in [0.05, 0.1) is 12.1 Å². The summed E-state index contributed by atoms with van der Waals surface area (Å²) in [5, 5.41) is -0.103. The zero-order valence-corrected chi connectivity index (χ0v) is 8.89. The number of methoxy groups -OCH3 is 1. The molecule has 0 unspecified atom stereocenters. The van der Waals surface area contributed by atoms with Crippen molar-refractivity contribution in [3.8, 4) is 0 Å². The Labute approximate surface area is 90.8 Å². The van der Waals surface area contributed by atoms with Gasteiger partial charge in [-0.3, -0.25) is 4.79 Å². The fourth-order valence-electron chi connectivity index (χ4n) is 1.03. The van der Waals surface area contributed by atoms with Gasteiger partial charge in [-0.1, -0.05) is 11.6 Å². The number of aryl methyl sites for hydroxylation is 1. The van der Waals surface area contributed by atoms with Crippen LogP contribution >= 0.6 is 11.6 Å². The van der Waals surface area contributed by atoms with Crippen LogP contribution in [0.5, 0.6) is 0 Å². The molecule has 0 aliphatic rings. The third kappa shape index (κ3) is 2.33. The second kappa shape index (κ2) is 4.40. The Morgan fingerprint density at radius 1 is 1.40 bits per heavy atom. The van der Waals surface area contributed by atoms with Gasteiger partial charge in [-0.15, -0.1) is 0 Å². The van der Waals surface area contributed by atoms with E-state index < -0.39 is 17.6 Å². The Bertz CT molecular complexity index is 429. The lowest BCUT2D eigenvalue weighted by Crippen LogP contribution is -2.16. The smallest absolute Gasteiger partial charge is 0.379 e. The summed E-state index contributed by atoms with van der Waals surface area (Å²) in [5.74, 6) is -2.44. The molecule has 0 heterocycles. The normalized spacial score (nSPS) is 9.87. The van der Waals surface area contributed by atoms with Crippen LogP contribution in [0.3, 0.4) is 0 Å². The van der Waals surface area contributed by atoms with Gasteiger partial charge < -0.3 is 4.74 Å². The first-order valence-corrected chi connectivity index (χ1v) is 4.43. The van der Waals surface area contributed by atoms with Crippen molar-refractivity contribution in [2.24, 2.45) is 0 Å². The summed E-state index contributed by atoms with van der Waals surface area (Å²) in [6.45, 7) is 1.47. The molecule has 1 aromatic rings. The predicted molar refractivity (Wildman–Crippen MR) is 52.5 cm³/mol. The molecule has 0 saturated carbocycles. The minimum Gasteiger partial charge on any atom is -0.463 e. The lowest BCUT2D eigenvalue weighted by atomic mass is 10.1. The van der Waals surface area contributed by atoms with Crippen LogP contribution < -0.4 is 0 Å². The number of esters is 1. The number of hydrogen-bond donors (Lipinski definition) is 0. The number of benzene rings is 1. The van der Waals surface area contributed by atoms with Crippen LogP contribution in [0.2, 0.25) is 5.02 Å². The maximum absolute atomic E-state index is 13.0. The van der Waals surface area contributed by atoms with E-state index in [1.54, 1.807) is 0 Å². The fourth-order valence-corrected chi connectivity index (χ4v) is 1.27. The molecule has 0 aromatic heterocycles. The molecule has 0 radical (unpaired) electrons. The van der Waals surface area contributed by atoms with E-state index in [2.05, 4.69) is 4.74 Å². The van der Waals surface area contributed by atoms with Crippen molar-refractivity contribution in [3.63, 3.8) is 0 Å². The predicted octanol–water partition coefficient (Wildman–Crippen LogP) is 2.14. The van der Waals surface area contributed by atoms with E-state index in [0.29, 0.717) is 0 Å². The van der Waals surface area contributed by atoms with Gasteiger partial charge in [-0.25, -0.2) is 9.18 Å². The number of halogens is 2. The molecule has 5 heteroatoms. The summed E-state index contributed by atoms with van der Waals surface area (Å²) in [4.78, 5) is 22.3. The highest BCUT2D eigenvalue weighted by Gasteiger charge is 2.20. The first kappa shape index (κ1) is 11.7. The summed E-state index contributed by atoms with van der Waals surface area (Å²) >= 11 is 5.63. The van der Waals surface area contributed by atoms with Crippen LogP contribution in [0.25, 0.3) is 0 Å². The molecular formula is C10H8ClFO3. The Morgan fingerprint density at radius 2 is 2.00 bits per heavy atom. The van der Waals surface area contributed by atoms with E-state index in [-0.39, 0.29) is 16.1 Å². The largest absolute Gasteiger partial charge is 0.463 e. The van der Waals surface area contributed by atoms with Gasteiger partial charge in [0.2, 0.25) is 0 Å². The van der Waals surface area contributed by atoms with Gasteiger partial charge in [0, 0.05) is 5.56 Å². The fraction of sp³-hybridized carbons (Fsp3) is 0.200. The summed E-state index contributed by atoms with van der Waals surface area (Å²) in [6, 6.07) is 2.21. The molecule has 0 bridgehead atoms. The van der Waals surface area contributed by atoms with E-state index in [1.165, 1.54) is 13.0 Å². The molecule has 0 N–H and O–H groups in total. The second-order valence-corrected chi connectivity index (χ2v) is 3.31. The van der Waals surface area contributed by atoms with Gasteiger partial charge in [0.15, 0.2) is 0 Å². The minimum absolute atomic E-state index is 0.0533. The Balaban J connectivity index is 3.21. The average Bonchev–Trinajstić information content (AvgIpc) is 2.21. The molecule has 80 valence electrons. The molecular weight excluding hydrogens is 223 g/mol. The van der Waals surface area contributed by atoms with Crippen LogP contribution in [0.1, 0.15) is 15.9 Å². The maximum atomic E-state index is 13.0. The van der Waals surface area contributed by atoms with Gasteiger partial charge in [0.1, 0.15) is 5.82 Å². The van der Waals surface area contributed by atoms with E-state index in [4.69, 9.17) is 11.6 Å². The first-order valence-electron chi connectivity index (χ1n) is 4.05. The SMILES string of the molecule is COC(=O)C(=O)c1cc(C)c(F)cc1Cl. The third-order valence-corrected chi connectivity index (χ3v) is 2.18. The third-order valence-electron chi connectivity index (χ3n) is 1.86. The number of Topliss-reactive ketones (excluding diaryl/α,β-unsaturated/α-hetero) is 1. The number of carbonyl (C=O) groups excluding carboxylic acids is 2. The molecule has 0 spiro atoms. The molecule has 0 saturated heterocycles. The summed E-state index contributed by atoms with van der Waals surface area (Å²) < 4.78 is 17.2. The van der Waals surface area contributed by atoms with E-state index in [0.717, 1.165) is 13.2 Å². The molecule has 0 atom stereocenters. The van der Waals surface area contributed by atoms with Crippen molar-refractivity contribution < 1.29 is 18.7 Å². The number of carbonyl (C=O) groups is 2. The van der Waals surface area contributed by atoms with Gasteiger partial charge in [-0.2, -0.15) is 0 Å². The zero-order valence-electron chi connectivity index (χ0n) is 8.14. The Morgan fingerprint density at radius 3 is 2.53 bits per heavy atom. The maximum Gasteiger partial charge on any atom is 0.379 e. The van der Waals surface area contributed by atoms with E-state index in [9.17, 15) is 14.0 Å². The van der Waals surface area contributed by atoms with E-state index in [1.807, 2.05) is 0 Å². The Hall–Kier alpha value is -1.42. The lowest BCUT2D eigenvalue weighted by Gasteiger charge is -2.04. The van der Waals surface area contributed by atoms with Crippen molar-refractivity contribution in [1.29, 1.82) is 0 Å². The van der Waals surface area contributed by atoms with E-state index >= 15 is 0 Å². The number of hydrogen-bond acceptors (Lipinski definition) is 3. The van der Waals surface area contributed by atoms with Gasteiger partial charge in [0.25, 0.3) is 5.78 Å². The van der Waals surface area contributed by atoms with Crippen LogP contribution in [0, 0.1) is 12.7 Å². The zero-order chi connectivity index (χ0) is 11.6. The second-order valence-electron chi connectivity index (χ2n) is 2.90. The minimum atomic E-state index is -1.03. The standard InChI is InChI=1S/C10H8ClFO3/c1-5-3-6(7(11)4-8(5)12)9(13)10(14)15-2/h3-4H,1-2H3. The summed E-state index contributed by atoms with van der Waals surface area (Å²) in [7, 11) is 1.09. The molecule has 1 rings (SSSR count). The molecule has 0 amide bonds. The molecule has 0 fully saturated rings. The molecule has 3 nitrogen and oxygen atoms in total. The first-order chi connectivity index (χ1) is 6.97. The van der Waals surface area contributed by atoms with Crippen molar-refractivity contribution in [3.05, 3.63) is 34.1 Å². The summed E-state index contributed by atoms with van der Waals surface area (Å²) in [6.07, 6.45) is 0. The lowest BCUT2D eigenvalue weighted by molar-refractivity contribution is -0.135. The van der Waals surface area contributed by atoms with Crippen LogP contribution in [-0.2, 0) is 9.53 Å². The van der Waals surface area contributed by atoms with Gasteiger partial charge >= 0.3 is 5.97 Å². The number of rotatable bonds is 2. The molecule has 0 aliphatic carbocycles. The summed E-state index contributed by atoms with van der Waals surface area (Å²) in [5.41, 5.74) is 0.189. The molecule has 1 aromatic carbocycles. The van der Waals surface area contributed by atoms with Crippen molar-refractivity contribution in [2.75, 3.05) is 7.11 Å². The van der Waals surface area contributed by atoms with Crippen LogP contribution in [-0.4, -0.2) is 18.9 Å². The van der Waals surface area contributed by atoms with Gasteiger partial charge in [-0.05, 0) is 24.6 Å². The topological polar surface area (TPSA) is 43.4 Å². The highest BCUT2D eigenvalue weighted by Crippen LogP contribution is 2.21. The van der Waals surface area contributed by atoms with Crippen molar-refractivity contribution >= 4 is 23.4 Å². The van der Waals surface area contributed by atoms with Crippen molar-refractivity contribution in [1.82, 2.24) is 0 Å². The van der Waals surface area contributed by atoms with Crippen LogP contribution in [0.4, 0.5) is 4.39 Å². The molecule has 15 heavy (non-hydrogen) atoms. The highest BCUT2D eigenvalue weighted by atomic mass is 35.5. The van der Waals surface area contributed by atoms with Crippen molar-refractivity contribution in [2.45, 2.75) is 6.92 Å². The number of ketones is 1. The monoisotopic (exact) mass is 230 g/mol. The van der Waals surface area contributed by atoms with Crippen LogP contribution in [0.15, 0.2) is 12.1 Å².